The van der Waals surface area contributed by atoms with Gasteiger partial charge in [-0.1, -0.05) is 31.4 Å². The van der Waals surface area contributed by atoms with E-state index in [4.69, 9.17) is 0 Å². The molecule has 0 heterocycles. The molecule has 2 fully saturated rings. The van der Waals surface area contributed by atoms with Crippen molar-refractivity contribution < 1.29 is 5.11 Å². The van der Waals surface area contributed by atoms with Gasteiger partial charge >= 0.3 is 0 Å². The van der Waals surface area contributed by atoms with Crippen LogP contribution in [0.1, 0.15) is 50.5 Å². The minimum absolute atomic E-state index is 0.0797. The standard InChI is InChI=1S/C17H22N2O/c18-12-13-6-1-2-9-15(13)19-16-10-5-8-14-7-3-4-11-17(14,16)20/h1-2,6,9,14,16,19-20H,3-5,7-8,10-11H2/t14-,16+,17-/m1/s1. The summed E-state index contributed by atoms with van der Waals surface area (Å²) in [7, 11) is 0. The van der Waals surface area contributed by atoms with Gasteiger partial charge in [0.05, 0.1) is 22.9 Å². The van der Waals surface area contributed by atoms with Crippen molar-refractivity contribution in [3.8, 4) is 6.07 Å². The molecule has 2 N–H and O–H groups in total. The highest BCUT2D eigenvalue weighted by atomic mass is 16.3. The van der Waals surface area contributed by atoms with Crippen molar-refractivity contribution in [1.29, 1.82) is 5.26 Å². The molecule has 3 rings (SSSR count). The summed E-state index contributed by atoms with van der Waals surface area (Å²) in [4.78, 5) is 0. The Balaban J connectivity index is 1.84. The van der Waals surface area contributed by atoms with Gasteiger partial charge in [0, 0.05) is 0 Å². The molecule has 1 aromatic carbocycles. The number of fused-ring (bicyclic) bond motifs is 1. The number of aliphatic hydroxyl groups is 1. The predicted molar refractivity (Wildman–Crippen MR) is 79.3 cm³/mol. The molecule has 0 bridgehead atoms. The average molecular weight is 270 g/mol. The van der Waals surface area contributed by atoms with Crippen molar-refractivity contribution in [2.45, 2.75) is 56.6 Å². The number of para-hydroxylation sites is 1. The maximum atomic E-state index is 11.1. The lowest BCUT2D eigenvalue weighted by molar-refractivity contribution is -0.0835. The van der Waals surface area contributed by atoms with Crippen LogP contribution in [0.3, 0.4) is 0 Å². The molecule has 0 aliphatic heterocycles. The van der Waals surface area contributed by atoms with Gasteiger partial charge in [-0.05, 0) is 43.7 Å². The average Bonchev–Trinajstić information content (AvgIpc) is 2.48. The van der Waals surface area contributed by atoms with Crippen molar-refractivity contribution in [3.63, 3.8) is 0 Å². The Bertz CT molecular complexity index is 520. The molecule has 1 aromatic rings. The molecule has 106 valence electrons. The smallest absolute Gasteiger partial charge is 0.101 e. The van der Waals surface area contributed by atoms with E-state index in [1.165, 1.54) is 12.8 Å². The third-order valence-corrected chi connectivity index (χ3v) is 5.11. The fraction of sp³-hybridized carbons (Fsp3) is 0.588. The number of rotatable bonds is 2. The minimum atomic E-state index is -0.584. The minimum Gasteiger partial charge on any atom is -0.387 e. The van der Waals surface area contributed by atoms with Crippen molar-refractivity contribution in [1.82, 2.24) is 0 Å². The summed E-state index contributed by atoms with van der Waals surface area (Å²) in [5.74, 6) is 0.428. The summed E-state index contributed by atoms with van der Waals surface area (Å²) < 4.78 is 0. The highest BCUT2D eigenvalue weighted by Gasteiger charge is 2.47. The number of nitriles is 1. The number of anilines is 1. The van der Waals surface area contributed by atoms with Gasteiger partial charge in [0.15, 0.2) is 0 Å². The molecule has 2 saturated carbocycles. The third-order valence-electron chi connectivity index (χ3n) is 5.11. The lowest BCUT2D eigenvalue weighted by atomic mass is 9.65. The van der Waals surface area contributed by atoms with Crippen LogP contribution in [0.15, 0.2) is 24.3 Å². The molecule has 20 heavy (non-hydrogen) atoms. The molecule has 0 aromatic heterocycles. The quantitative estimate of drug-likeness (QED) is 0.865. The molecule has 0 amide bonds. The molecule has 3 nitrogen and oxygen atoms in total. The zero-order valence-corrected chi connectivity index (χ0v) is 11.8. The topological polar surface area (TPSA) is 56.0 Å². The Morgan fingerprint density at radius 3 is 2.80 bits per heavy atom. The van der Waals surface area contributed by atoms with Crippen LogP contribution < -0.4 is 5.32 Å². The number of hydrogen-bond donors (Lipinski definition) is 2. The number of nitrogens with zero attached hydrogens (tertiary/aromatic N) is 1. The zero-order valence-electron chi connectivity index (χ0n) is 11.8. The van der Waals surface area contributed by atoms with Gasteiger partial charge in [-0.2, -0.15) is 5.26 Å². The lowest BCUT2D eigenvalue weighted by Gasteiger charge is -2.49. The second-order valence-electron chi connectivity index (χ2n) is 6.22. The van der Waals surface area contributed by atoms with E-state index in [1.54, 1.807) is 0 Å². The molecular formula is C17H22N2O. The maximum Gasteiger partial charge on any atom is 0.101 e. The Morgan fingerprint density at radius 1 is 1.15 bits per heavy atom. The summed E-state index contributed by atoms with van der Waals surface area (Å²) in [6, 6.07) is 9.89. The van der Waals surface area contributed by atoms with Gasteiger partial charge in [0.25, 0.3) is 0 Å². The molecule has 0 spiro atoms. The fourth-order valence-corrected chi connectivity index (χ4v) is 4.02. The lowest BCUT2D eigenvalue weighted by Crippen LogP contribution is -2.56. The van der Waals surface area contributed by atoms with Crippen LogP contribution in [0, 0.1) is 17.2 Å². The molecule has 2 aliphatic carbocycles. The van der Waals surface area contributed by atoms with Crippen molar-refractivity contribution in [3.05, 3.63) is 29.8 Å². The van der Waals surface area contributed by atoms with Gasteiger partial charge in [-0.3, -0.25) is 0 Å². The van der Waals surface area contributed by atoms with Crippen LogP contribution in [-0.4, -0.2) is 16.7 Å². The van der Waals surface area contributed by atoms with E-state index in [0.717, 1.165) is 37.8 Å². The molecule has 2 aliphatic rings. The predicted octanol–water partition coefficient (Wildman–Crippen LogP) is 3.44. The van der Waals surface area contributed by atoms with Crippen LogP contribution in [0.2, 0.25) is 0 Å². The summed E-state index contributed by atoms with van der Waals surface area (Å²) in [5.41, 5.74) is 0.938. The molecule has 0 radical (unpaired) electrons. The van der Waals surface area contributed by atoms with Crippen LogP contribution >= 0.6 is 0 Å². The van der Waals surface area contributed by atoms with E-state index >= 15 is 0 Å². The van der Waals surface area contributed by atoms with Crippen molar-refractivity contribution in [2.75, 3.05) is 5.32 Å². The monoisotopic (exact) mass is 270 g/mol. The third kappa shape index (κ3) is 2.29. The SMILES string of the molecule is N#Cc1ccccc1N[C@H]1CCC[C@H]2CCCC[C@@]21O. The molecule has 0 saturated heterocycles. The van der Waals surface area contributed by atoms with Crippen molar-refractivity contribution in [2.24, 2.45) is 5.92 Å². The first-order valence-corrected chi connectivity index (χ1v) is 7.72. The summed E-state index contributed by atoms with van der Waals surface area (Å²) in [6.45, 7) is 0. The van der Waals surface area contributed by atoms with E-state index in [0.29, 0.717) is 11.5 Å². The van der Waals surface area contributed by atoms with E-state index in [9.17, 15) is 10.4 Å². The molecule has 3 heteroatoms. The van der Waals surface area contributed by atoms with Crippen molar-refractivity contribution >= 4 is 5.69 Å². The van der Waals surface area contributed by atoms with Gasteiger partial charge in [0.1, 0.15) is 6.07 Å². The first-order valence-electron chi connectivity index (χ1n) is 7.72. The van der Waals surface area contributed by atoms with Gasteiger partial charge in [-0.25, -0.2) is 0 Å². The second kappa shape index (κ2) is 5.46. The highest BCUT2D eigenvalue weighted by molar-refractivity contribution is 5.58. The normalized spacial score (nSPS) is 33.0. The maximum absolute atomic E-state index is 11.1. The van der Waals surface area contributed by atoms with Crippen LogP contribution in [0.4, 0.5) is 5.69 Å². The van der Waals surface area contributed by atoms with Gasteiger partial charge < -0.3 is 10.4 Å². The zero-order chi connectivity index (χ0) is 14.0. The second-order valence-corrected chi connectivity index (χ2v) is 6.22. The molecule has 3 atom stereocenters. The summed E-state index contributed by atoms with van der Waals surface area (Å²) >= 11 is 0. The Labute approximate surface area is 120 Å². The first kappa shape index (κ1) is 13.5. The summed E-state index contributed by atoms with van der Waals surface area (Å²) in [5, 5.41) is 23.8. The number of nitrogens with one attached hydrogen (secondary N) is 1. The van der Waals surface area contributed by atoms with E-state index < -0.39 is 5.60 Å². The molecule has 0 unspecified atom stereocenters. The van der Waals surface area contributed by atoms with Crippen LogP contribution in [0.5, 0.6) is 0 Å². The molecular weight excluding hydrogens is 248 g/mol. The summed E-state index contributed by atoms with van der Waals surface area (Å²) in [6.07, 6.45) is 7.71. The van der Waals surface area contributed by atoms with E-state index in [2.05, 4.69) is 11.4 Å². The van der Waals surface area contributed by atoms with Crippen LogP contribution in [0.25, 0.3) is 0 Å². The first-order chi connectivity index (χ1) is 9.74. The Morgan fingerprint density at radius 2 is 1.95 bits per heavy atom. The Hall–Kier alpha value is -1.53. The fourth-order valence-electron chi connectivity index (χ4n) is 4.02. The Kier molecular flexibility index (Phi) is 3.67. The number of hydrogen-bond acceptors (Lipinski definition) is 3. The number of benzene rings is 1. The highest BCUT2D eigenvalue weighted by Crippen LogP contribution is 2.44. The van der Waals surface area contributed by atoms with Gasteiger partial charge in [0.2, 0.25) is 0 Å². The van der Waals surface area contributed by atoms with Gasteiger partial charge in [-0.15, -0.1) is 0 Å². The van der Waals surface area contributed by atoms with Crippen LogP contribution in [-0.2, 0) is 0 Å². The van der Waals surface area contributed by atoms with E-state index in [-0.39, 0.29) is 6.04 Å². The largest absolute Gasteiger partial charge is 0.387 e. The van der Waals surface area contributed by atoms with E-state index in [1.807, 2.05) is 24.3 Å².